The van der Waals surface area contributed by atoms with Crippen molar-refractivity contribution in [3.8, 4) is 0 Å². The first kappa shape index (κ1) is 26.1. The van der Waals surface area contributed by atoms with Crippen molar-refractivity contribution in [2.24, 2.45) is 5.41 Å². The number of rotatable bonds is 7. The van der Waals surface area contributed by atoms with Gasteiger partial charge in [-0.3, -0.25) is 4.90 Å². The smallest absolute Gasteiger partial charge is 0.321 e. The molecular formula is C25H48N6O2. The molecule has 3 fully saturated rings. The van der Waals surface area contributed by atoms with E-state index in [2.05, 4.69) is 44.4 Å². The zero-order valence-corrected chi connectivity index (χ0v) is 22.2. The van der Waals surface area contributed by atoms with Gasteiger partial charge in [-0.05, 0) is 73.4 Å². The van der Waals surface area contributed by atoms with Gasteiger partial charge in [0.1, 0.15) is 0 Å². The Morgan fingerprint density at radius 2 is 1.45 bits per heavy atom. The summed E-state index contributed by atoms with van der Waals surface area (Å²) in [4.78, 5) is 38.0. The molecule has 0 N–H and O–H groups in total. The van der Waals surface area contributed by atoms with Crippen molar-refractivity contribution in [3.05, 3.63) is 0 Å². The van der Waals surface area contributed by atoms with Gasteiger partial charge in [0.2, 0.25) is 0 Å². The van der Waals surface area contributed by atoms with Gasteiger partial charge in [0.25, 0.3) is 0 Å². The van der Waals surface area contributed by atoms with E-state index in [0.717, 1.165) is 65.3 Å². The lowest BCUT2D eigenvalue weighted by molar-refractivity contribution is 0.0226. The molecule has 190 valence electrons. The topological polar surface area (TPSA) is 53.6 Å². The van der Waals surface area contributed by atoms with Crippen LogP contribution < -0.4 is 0 Å². The molecule has 1 atom stereocenters. The van der Waals surface area contributed by atoms with E-state index >= 15 is 0 Å². The zero-order valence-electron chi connectivity index (χ0n) is 22.2. The minimum absolute atomic E-state index is 0.150. The van der Waals surface area contributed by atoms with Crippen molar-refractivity contribution in [1.82, 2.24) is 29.4 Å². The maximum absolute atomic E-state index is 12.7. The Labute approximate surface area is 201 Å². The standard InChI is InChI=1S/C25H48N6O2/c1-20(2)26(6)23(32)30-14-9-13-29(19-30)22(5)10-8-12-28-15-11-25(16-28)17-31(18-25)24(33)27(7)21(3)4/h20-22H,8-19H2,1-7H3. The zero-order chi connectivity index (χ0) is 24.3. The number of hydrogen-bond acceptors (Lipinski definition) is 4. The SMILES string of the molecule is CC(CCCN1CCC2(C1)CN(C(=O)N(C)C(C)C)C2)N1CCCN(C(=O)N(C)C(C)C)C1. The summed E-state index contributed by atoms with van der Waals surface area (Å²) in [5.74, 6) is 0. The average molecular weight is 465 g/mol. The van der Waals surface area contributed by atoms with Gasteiger partial charge in [0, 0.05) is 70.4 Å². The van der Waals surface area contributed by atoms with Crippen molar-refractivity contribution in [2.45, 2.75) is 78.4 Å². The van der Waals surface area contributed by atoms with Crippen LogP contribution in [0.1, 0.15) is 60.3 Å². The van der Waals surface area contributed by atoms with E-state index in [0.29, 0.717) is 11.5 Å². The molecule has 33 heavy (non-hydrogen) atoms. The lowest BCUT2D eigenvalue weighted by Gasteiger charge is -2.49. The molecule has 0 aromatic carbocycles. The van der Waals surface area contributed by atoms with Gasteiger partial charge in [0.05, 0.1) is 6.67 Å². The Morgan fingerprint density at radius 1 is 0.848 bits per heavy atom. The van der Waals surface area contributed by atoms with Crippen LogP contribution in [0.2, 0.25) is 0 Å². The van der Waals surface area contributed by atoms with Gasteiger partial charge in [0.15, 0.2) is 0 Å². The summed E-state index contributed by atoms with van der Waals surface area (Å²) in [6.07, 6.45) is 4.61. The third-order valence-corrected chi connectivity index (χ3v) is 8.21. The summed E-state index contributed by atoms with van der Waals surface area (Å²) in [5.41, 5.74) is 0.329. The van der Waals surface area contributed by atoms with Gasteiger partial charge >= 0.3 is 12.1 Å². The molecule has 1 unspecified atom stereocenters. The van der Waals surface area contributed by atoms with Crippen LogP contribution in [0.4, 0.5) is 9.59 Å². The molecule has 1 spiro atoms. The van der Waals surface area contributed by atoms with Crippen molar-refractivity contribution >= 4 is 12.1 Å². The molecule has 3 heterocycles. The number of likely N-dealkylation sites (tertiary alicyclic amines) is 2. The minimum atomic E-state index is 0.150. The van der Waals surface area contributed by atoms with E-state index in [4.69, 9.17) is 0 Å². The second-order valence-electron chi connectivity index (χ2n) is 11.4. The Morgan fingerprint density at radius 3 is 2.06 bits per heavy atom. The van der Waals surface area contributed by atoms with Crippen LogP contribution in [0.15, 0.2) is 0 Å². The lowest BCUT2D eigenvalue weighted by atomic mass is 9.79. The fourth-order valence-corrected chi connectivity index (χ4v) is 5.40. The van der Waals surface area contributed by atoms with Crippen LogP contribution in [-0.2, 0) is 0 Å². The second kappa shape index (κ2) is 10.8. The summed E-state index contributed by atoms with van der Waals surface area (Å²) in [7, 11) is 3.80. The first-order chi connectivity index (χ1) is 15.5. The minimum Gasteiger partial charge on any atom is -0.325 e. The summed E-state index contributed by atoms with van der Waals surface area (Å²) < 4.78 is 0. The molecule has 3 rings (SSSR count). The highest BCUT2D eigenvalue weighted by atomic mass is 16.2. The summed E-state index contributed by atoms with van der Waals surface area (Å²) in [6, 6.07) is 1.29. The van der Waals surface area contributed by atoms with Crippen molar-refractivity contribution in [1.29, 1.82) is 0 Å². The highest BCUT2D eigenvalue weighted by Gasteiger charge is 2.49. The molecule has 8 heteroatoms. The first-order valence-electron chi connectivity index (χ1n) is 13.0. The van der Waals surface area contributed by atoms with Gasteiger partial charge in [-0.25, -0.2) is 9.59 Å². The number of hydrogen-bond donors (Lipinski definition) is 0. The largest absolute Gasteiger partial charge is 0.325 e. The van der Waals surface area contributed by atoms with Crippen molar-refractivity contribution in [3.63, 3.8) is 0 Å². The fourth-order valence-electron chi connectivity index (χ4n) is 5.40. The predicted octanol–water partition coefficient (Wildman–Crippen LogP) is 3.05. The van der Waals surface area contributed by atoms with E-state index in [-0.39, 0.29) is 24.1 Å². The van der Waals surface area contributed by atoms with Crippen LogP contribution in [-0.4, -0.2) is 126 Å². The quantitative estimate of drug-likeness (QED) is 0.581. The molecular weight excluding hydrogens is 416 g/mol. The highest BCUT2D eigenvalue weighted by molar-refractivity contribution is 5.75. The van der Waals surface area contributed by atoms with Crippen LogP contribution in [0.5, 0.6) is 0 Å². The molecule has 0 radical (unpaired) electrons. The van der Waals surface area contributed by atoms with E-state index in [1.54, 1.807) is 0 Å². The fraction of sp³-hybridized carbons (Fsp3) is 0.920. The Kier molecular flexibility index (Phi) is 8.54. The third kappa shape index (κ3) is 6.13. The molecule has 3 saturated heterocycles. The number of carbonyl (C=O) groups is 2. The summed E-state index contributed by atoms with van der Waals surface area (Å²) >= 11 is 0. The second-order valence-corrected chi connectivity index (χ2v) is 11.4. The number of urea groups is 2. The molecule has 0 aromatic rings. The predicted molar refractivity (Wildman–Crippen MR) is 133 cm³/mol. The van der Waals surface area contributed by atoms with Gasteiger partial charge < -0.3 is 24.5 Å². The molecule has 0 aromatic heterocycles. The molecule has 0 aliphatic carbocycles. The Balaban J connectivity index is 1.36. The van der Waals surface area contributed by atoms with Crippen LogP contribution in [0.25, 0.3) is 0 Å². The molecule has 3 aliphatic heterocycles. The monoisotopic (exact) mass is 464 g/mol. The van der Waals surface area contributed by atoms with Gasteiger partial charge in [-0.2, -0.15) is 0 Å². The summed E-state index contributed by atoms with van der Waals surface area (Å²) in [5, 5.41) is 0. The average Bonchev–Trinajstić information content (AvgIpc) is 3.20. The Bertz CT molecular complexity index is 678. The van der Waals surface area contributed by atoms with E-state index in [9.17, 15) is 9.59 Å². The van der Waals surface area contributed by atoms with Crippen LogP contribution in [0.3, 0.4) is 0 Å². The van der Waals surface area contributed by atoms with Crippen molar-refractivity contribution in [2.75, 3.05) is 66.6 Å². The van der Waals surface area contributed by atoms with E-state index in [1.165, 1.54) is 12.8 Å². The van der Waals surface area contributed by atoms with Gasteiger partial charge in [-0.15, -0.1) is 0 Å². The molecule has 0 saturated carbocycles. The lowest BCUT2D eigenvalue weighted by Crippen LogP contribution is -2.62. The van der Waals surface area contributed by atoms with Crippen molar-refractivity contribution < 1.29 is 9.59 Å². The van der Waals surface area contributed by atoms with E-state index in [1.807, 2.05) is 33.7 Å². The number of carbonyl (C=O) groups excluding carboxylic acids is 2. The highest BCUT2D eigenvalue weighted by Crippen LogP contribution is 2.40. The van der Waals surface area contributed by atoms with Crippen LogP contribution >= 0.6 is 0 Å². The van der Waals surface area contributed by atoms with E-state index < -0.39 is 0 Å². The molecule has 0 bridgehead atoms. The molecule has 4 amide bonds. The van der Waals surface area contributed by atoms with Gasteiger partial charge in [-0.1, -0.05) is 0 Å². The van der Waals surface area contributed by atoms with Crippen LogP contribution in [0, 0.1) is 5.41 Å². The molecule has 8 nitrogen and oxygen atoms in total. The third-order valence-electron chi connectivity index (χ3n) is 8.21. The maximum Gasteiger partial charge on any atom is 0.321 e. The Hall–Kier alpha value is -1.54. The maximum atomic E-state index is 12.7. The summed E-state index contributed by atoms with van der Waals surface area (Å²) in [6.45, 7) is 18.5. The first-order valence-corrected chi connectivity index (χ1v) is 13.0. The normalized spacial score (nSPS) is 22.2. The molecule has 3 aliphatic rings. The number of amides is 4. The number of nitrogens with zero attached hydrogens (tertiary/aromatic N) is 6.